The van der Waals surface area contributed by atoms with Gasteiger partial charge in [0.25, 0.3) is 0 Å². The van der Waals surface area contributed by atoms with Gasteiger partial charge in [0.2, 0.25) is 0 Å². The van der Waals surface area contributed by atoms with Gasteiger partial charge in [-0.25, -0.2) is 4.39 Å². The first-order chi connectivity index (χ1) is 6.59. The minimum absolute atomic E-state index is 0.166. The average molecular weight is 195 g/mol. The predicted octanol–water partition coefficient (Wildman–Crippen LogP) is 2.74. The van der Waals surface area contributed by atoms with Crippen LogP contribution in [0.1, 0.15) is 25.8 Å². The summed E-state index contributed by atoms with van der Waals surface area (Å²) >= 11 is 0. The largest absolute Gasteiger partial charge is 0.327 e. The molecule has 1 nitrogen and oxygen atoms in total. The molecule has 0 aliphatic heterocycles. The summed E-state index contributed by atoms with van der Waals surface area (Å²) in [5.74, 6) is 0.323. The van der Waals surface area contributed by atoms with Crippen LogP contribution in [-0.4, -0.2) is 6.04 Å². The molecule has 1 aromatic carbocycles. The second-order valence-electron chi connectivity index (χ2n) is 4.08. The molecular weight excluding hydrogens is 177 g/mol. The summed E-state index contributed by atoms with van der Waals surface area (Å²) in [5.41, 5.74) is 6.94. The highest BCUT2D eigenvalue weighted by Crippen LogP contribution is 2.10. The molecule has 1 unspecified atom stereocenters. The van der Waals surface area contributed by atoms with E-state index in [2.05, 4.69) is 13.8 Å². The van der Waals surface area contributed by atoms with Gasteiger partial charge in [0.1, 0.15) is 5.82 Å². The Kier molecular flexibility index (Phi) is 4.08. The van der Waals surface area contributed by atoms with Gasteiger partial charge in [-0.3, -0.25) is 0 Å². The summed E-state index contributed by atoms with van der Waals surface area (Å²) in [7, 11) is 0. The molecule has 2 heteroatoms. The van der Waals surface area contributed by atoms with Gasteiger partial charge in [-0.15, -0.1) is 0 Å². The highest BCUT2D eigenvalue weighted by Gasteiger charge is 2.07. The van der Waals surface area contributed by atoms with E-state index >= 15 is 0 Å². The van der Waals surface area contributed by atoms with Crippen LogP contribution in [0.3, 0.4) is 0 Å². The fourth-order valence-corrected chi connectivity index (χ4v) is 1.36. The normalized spacial score (nSPS) is 13.2. The van der Waals surface area contributed by atoms with Crippen molar-refractivity contribution in [1.29, 1.82) is 0 Å². The molecule has 1 rings (SSSR count). The fourth-order valence-electron chi connectivity index (χ4n) is 1.36. The lowest BCUT2D eigenvalue weighted by atomic mass is 9.98. The highest BCUT2D eigenvalue weighted by molar-refractivity contribution is 5.16. The third kappa shape index (κ3) is 3.46. The molecule has 1 aromatic rings. The molecule has 0 spiro atoms. The maximum atomic E-state index is 12.8. The summed E-state index contributed by atoms with van der Waals surface area (Å²) in [5, 5.41) is 0. The molecule has 0 saturated carbocycles. The second kappa shape index (κ2) is 5.11. The summed E-state index contributed by atoms with van der Waals surface area (Å²) in [6.07, 6.45) is 1.78. The van der Waals surface area contributed by atoms with Crippen LogP contribution in [0.5, 0.6) is 0 Å². The molecule has 1 atom stereocenters. The third-order valence-corrected chi connectivity index (χ3v) is 2.51. The van der Waals surface area contributed by atoms with E-state index in [0.29, 0.717) is 5.92 Å². The zero-order chi connectivity index (χ0) is 10.6. The molecule has 0 aliphatic rings. The Labute approximate surface area is 85.1 Å². The van der Waals surface area contributed by atoms with Gasteiger partial charge in [-0.05, 0) is 36.5 Å². The van der Waals surface area contributed by atoms with Crippen molar-refractivity contribution >= 4 is 0 Å². The smallest absolute Gasteiger partial charge is 0.123 e. The molecular formula is C12H18FN. The molecule has 0 aliphatic carbocycles. The summed E-state index contributed by atoms with van der Waals surface area (Å²) in [4.78, 5) is 0. The van der Waals surface area contributed by atoms with Crippen LogP contribution in [-0.2, 0) is 6.42 Å². The van der Waals surface area contributed by atoms with Crippen LogP contribution in [0.15, 0.2) is 24.3 Å². The Balaban J connectivity index is 2.45. The fraction of sp³-hybridized carbons (Fsp3) is 0.500. The zero-order valence-electron chi connectivity index (χ0n) is 8.83. The van der Waals surface area contributed by atoms with E-state index in [0.717, 1.165) is 18.4 Å². The molecule has 0 bridgehead atoms. The van der Waals surface area contributed by atoms with Crippen molar-refractivity contribution in [2.45, 2.75) is 32.7 Å². The number of aryl methyl sites for hydroxylation is 1. The summed E-state index contributed by atoms with van der Waals surface area (Å²) in [6, 6.07) is 6.93. The average Bonchev–Trinajstić information content (AvgIpc) is 2.14. The summed E-state index contributed by atoms with van der Waals surface area (Å²) < 4.78 is 12.8. The third-order valence-electron chi connectivity index (χ3n) is 2.51. The summed E-state index contributed by atoms with van der Waals surface area (Å²) in [6.45, 7) is 4.21. The number of rotatable bonds is 4. The number of hydrogen-bond acceptors (Lipinski definition) is 1. The van der Waals surface area contributed by atoms with Crippen molar-refractivity contribution in [3.8, 4) is 0 Å². The van der Waals surface area contributed by atoms with Gasteiger partial charge < -0.3 is 5.73 Å². The lowest BCUT2D eigenvalue weighted by Gasteiger charge is -2.14. The van der Waals surface area contributed by atoms with Crippen LogP contribution in [0.4, 0.5) is 4.39 Å². The number of hydrogen-bond donors (Lipinski definition) is 1. The molecule has 2 N–H and O–H groups in total. The van der Waals surface area contributed by atoms with E-state index in [9.17, 15) is 4.39 Å². The van der Waals surface area contributed by atoms with Crippen molar-refractivity contribution in [3.63, 3.8) is 0 Å². The van der Waals surface area contributed by atoms with Gasteiger partial charge in [-0.1, -0.05) is 26.0 Å². The molecule has 0 amide bonds. The maximum absolute atomic E-state index is 12.8. The Morgan fingerprint density at radius 3 is 2.64 bits per heavy atom. The number of benzene rings is 1. The Hall–Kier alpha value is -0.890. The Bertz CT molecular complexity index is 283. The minimum Gasteiger partial charge on any atom is -0.327 e. The predicted molar refractivity (Wildman–Crippen MR) is 57.5 cm³/mol. The highest BCUT2D eigenvalue weighted by atomic mass is 19.1. The quantitative estimate of drug-likeness (QED) is 0.785. The van der Waals surface area contributed by atoms with Gasteiger partial charge in [0, 0.05) is 6.04 Å². The van der Waals surface area contributed by atoms with Crippen molar-refractivity contribution in [1.82, 2.24) is 0 Å². The van der Waals surface area contributed by atoms with Crippen molar-refractivity contribution in [3.05, 3.63) is 35.6 Å². The zero-order valence-corrected chi connectivity index (χ0v) is 8.83. The van der Waals surface area contributed by atoms with Gasteiger partial charge in [0.15, 0.2) is 0 Å². The minimum atomic E-state index is -0.166. The van der Waals surface area contributed by atoms with E-state index < -0.39 is 0 Å². The molecule has 14 heavy (non-hydrogen) atoms. The van der Waals surface area contributed by atoms with E-state index in [1.54, 1.807) is 12.1 Å². The first-order valence-corrected chi connectivity index (χ1v) is 5.09. The van der Waals surface area contributed by atoms with Gasteiger partial charge in [0.05, 0.1) is 0 Å². The van der Waals surface area contributed by atoms with Crippen molar-refractivity contribution in [2.24, 2.45) is 11.7 Å². The van der Waals surface area contributed by atoms with E-state index in [-0.39, 0.29) is 11.9 Å². The van der Waals surface area contributed by atoms with Gasteiger partial charge in [-0.2, -0.15) is 0 Å². The van der Waals surface area contributed by atoms with Crippen LogP contribution < -0.4 is 5.73 Å². The number of nitrogens with two attached hydrogens (primary N) is 1. The monoisotopic (exact) mass is 195 g/mol. The van der Waals surface area contributed by atoms with Crippen LogP contribution >= 0.6 is 0 Å². The van der Waals surface area contributed by atoms with Crippen LogP contribution in [0.25, 0.3) is 0 Å². The molecule has 0 fully saturated rings. The topological polar surface area (TPSA) is 26.0 Å². The van der Waals surface area contributed by atoms with Crippen LogP contribution in [0.2, 0.25) is 0 Å². The molecule has 0 aromatic heterocycles. The molecule has 0 heterocycles. The lowest BCUT2D eigenvalue weighted by molar-refractivity contribution is 0.464. The Morgan fingerprint density at radius 1 is 1.36 bits per heavy atom. The first-order valence-electron chi connectivity index (χ1n) is 5.09. The SMILES string of the molecule is CC(C)C(N)CCc1cccc(F)c1. The first kappa shape index (κ1) is 11.2. The molecule has 0 radical (unpaired) electrons. The Morgan fingerprint density at radius 2 is 2.07 bits per heavy atom. The van der Waals surface area contributed by atoms with Gasteiger partial charge >= 0.3 is 0 Å². The number of halogens is 1. The molecule has 78 valence electrons. The molecule has 0 saturated heterocycles. The van der Waals surface area contributed by atoms with Crippen molar-refractivity contribution in [2.75, 3.05) is 0 Å². The van der Waals surface area contributed by atoms with Crippen LogP contribution in [0, 0.1) is 11.7 Å². The standard InChI is InChI=1S/C12H18FN/c1-9(2)12(14)7-6-10-4-3-5-11(13)8-10/h3-5,8-9,12H,6-7,14H2,1-2H3. The van der Waals surface area contributed by atoms with E-state index in [1.807, 2.05) is 6.07 Å². The van der Waals surface area contributed by atoms with E-state index in [4.69, 9.17) is 5.73 Å². The maximum Gasteiger partial charge on any atom is 0.123 e. The van der Waals surface area contributed by atoms with E-state index in [1.165, 1.54) is 6.07 Å². The second-order valence-corrected chi connectivity index (χ2v) is 4.08. The van der Waals surface area contributed by atoms with Crippen molar-refractivity contribution < 1.29 is 4.39 Å². The lowest BCUT2D eigenvalue weighted by Crippen LogP contribution is -2.26.